The molecule has 1 fully saturated rings. The largest absolute Gasteiger partial charge is 0.313 e. The number of imide groups is 1. The lowest BCUT2D eigenvalue weighted by Crippen LogP contribution is -2.41. The predicted octanol–water partition coefficient (Wildman–Crippen LogP) is 5.94. The molecule has 1 heterocycles. The number of aryl methyl sites for hydroxylation is 2. The van der Waals surface area contributed by atoms with Crippen LogP contribution in [0.5, 0.6) is 0 Å². The number of carbonyl (C=O) groups excluding carboxylic acids is 2. The second kappa shape index (κ2) is 11.4. The van der Waals surface area contributed by atoms with E-state index < -0.39 is 37.4 Å². The Morgan fingerprint density at radius 2 is 0.744 bits per heavy atom. The molecule has 0 bridgehead atoms. The Balaban J connectivity index is 1.70. The van der Waals surface area contributed by atoms with Crippen LogP contribution in [0.2, 0.25) is 0 Å². The maximum absolute atomic E-state index is 15.9. The zero-order valence-corrected chi connectivity index (χ0v) is 25.7. The zero-order chi connectivity index (χ0) is 30.2. The summed E-state index contributed by atoms with van der Waals surface area (Å²) in [6.45, 7) is 3.79. The Hall–Kier alpha value is -4.30. The number of rotatable bonds is 7. The molecule has 5 nitrogen and oxygen atoms in total. The van der Waals surface area contributed by atoms with Gasteiger partial charge < -0.3 is 9.13 Å². The average Bonchev–Trinajstić information content (AvgIpc) is 3.31. The lowest BCUT2D eigenvalue weighted by atomic mass is 10.1. The van der Waals surface area contributed by atoms with Gasteiger partial charge in [0.05, 0.1) is 5.69 Å². The van der Waals surface area contributed by atoms with Gasteiger partial charge in [-0.1, -0.05) is 127 Å². The monoisotopic (exact) mass is 603 g/mol. The number of hydrogen-bond acceptors (Lipinski definition) is 4. The first-order valence-electron chi connectivity index (χ1n) is 14.1. The van der Waals surface area contributed by atoms with Crippen molar-refractivity contribution in [2.45, 2.75) is 25.2 Å². The fourth-order valence-electron chi connectivity index (χ4n) is 6.22. The molecule has 0 N–H and O–H groups in total. The Labute approximate surface area is 252 Å². The van der Waals surface area contributed by atoms with Gasteiger partial charge in [-0.25, -0.2) is 4.90 Å². The molecule has 0 saturated carbocycles. The molecule has 6 rings (SSSR count). The van der Waals surface area contributed by atoms with Crippen molar-refractivity contribution in [2.75, 3.05) is 4.90 Å². The molecule has 5 aromatic carbocycles. The van der Waals surface area contributed by atoms with Gasteiger partial charge in [0.25, 0.3) is 0 Å². The third-order valence-electron chi connectivity index (χ3n) is 8.05. The van der Waals surface area contributed by atoms with Gasteiger partial charge in [-0.15, -0.1) is 0 Å². The molecule has 7 heteroatoms. The number of benzene rings is 5. The van der Waals surface area contributed by atoms with E-state index >= 15 is 9.13 Å². The van der Waals surface area contributed by atoms with Crippen molar-refractivity contribution in [2.24, 2.45) is 0 Å². The van der Waals surface area contributed by atoms with E-state index in [-0.39, 0.29) is 0 Å². The van der Waals surface area contributed by atoms with Gasteiger partial charge in [-0.05, 0) is 37.1 Å². The highest BCUT2D eigenvalue weighted by Crippen LogP contribution is 2.63. The van der Waals surface area contributed by atoms with Crippen LogP contribution in [0.15, 0.2) is 140 Å². The highest BCUT2D eigenvalue weighted by molar-refractivity contribution is 7.84. The molecule has 0 aromatic heterocycles. The van der Waals surface area contributed by atoms with Crippen molar-refractivity contribution in [3.05, 3.63) is 151 Å². The Morgan fingerprint density at radius 3 is 1.02 bits per heavy atom. The van der Waals surface area contributed by atoms with Crippen molar-refractivity contribution in [1.82, 2.24) is 0 Å². The van der Waals surface area contributed by atoms with Crippen LogP contribution in [0.4, 0.5) is 5.69 Å². The van der Waals surface area contributed by atoms with Gasteiger partial charge in [-0.3, -0.25) is 9.59 Å². The van der Waals surface area contributed by atoms with Crippen molar-refractivity contribution in [1.29, 1.82) is 0 Å². The second-order valence-electron chi connectivity index (χ2n) is 10.9. The summed E-state index contributed by atoms with van der Waals surface area (Å²) >= 11 is 0. The molecule has 1 saturated heterocycles. The Bertz CT molecular complexity index is 1670. The summed E-state index contributed by atoms with van der Waals surface area (Å²) in [6.07, 6.45) is 0. The van der Waals surface area contributed by atoms with Crippen LogP contribution in [0.25, 0.3) is 0 Å². The maximum atomic E-state index is 15.9. The van der Waals surface area contributed by atoms with Crippen LogP contribution < -0.4 is 26.1 Å². The average molecular weight is 604 g/mol. The highest BCUT2D eigenvalue weighted by Gasteiger charge is 2.63. The summed E-state index contributed by atoms with van der Waals surface area (Å²) in [6, 6.07) is 40.8. The van der Waals surface area contributed by atoms with Crippen LogP contribution in [0, 0.1) is 13.8 Å². The number of anilines is 1. The fourth-order valence-corrected chi connectivity index (χ4v) is 13.6. The van der Waals surface area contributed by atoms with E-state index in [0.717, 1.165) is 16.0 Å². The Kier molecular flexibility index (Phi) is 7.65. The third kappa shape index (κ3) is 4.83. The number of hydrogen-bond donors (Lipinski definition) is 0. The van der Waals surface area contributed by atoms with Crippen LogP contribution in [-0.2, 0) is 18.7 Å². The molecule has 2 atom stereocenters. The van der Waals surface area contributed by atoms with E-state index in [1.165, 1.54) is 0 Å². The van der Waals surface area contributed by atoms with Gasteiger partial charge in [-0.2, -0.15) is 0 Å². The lowest BCUT2D eigenvalue weighted by Gasteiger charge is -2.32. The molecule has 2 unspecified atom stereocenters. The number of nitrogens with zero attached hydrogens (tertiary/aromatic N) is 1. The van der Waals surface area contributed by atoms with Crippen molar-refractivity contribution in [3.8, 4) is 0 Å². The summed E-state index contributed by atoms with van der Waals surface area (Å²) in [5.41, 5.74) is -0.674. The van der Waals surface area contributed by atoms with Crippen LogP contribution in [-0.4, -0.2) is 23.1 Å². The normalized spacial score (nSPS) is 17.3. The zero-order valence-electron chi connectivity index (χ0n) is 23.9. The SMILES string of the molecule is Cc1cc(C)cc(N2C(=O)C(P(=O)(c3ccccc3)c3ccccc3)C(P(=O)(c3ccccc3)c3ccccc3)C2=O)c1. The third-order valence-corrected chi connectivity index (χ3v) is 15.2. The summed E-state index contributed by atoms with van der Waals surface area (Å²) in [4.78, 5) is 30.9. The molecule has 214 valence electrons. The second-order valence-corrected chi connectivity index (χ2v) is 16.7. The first-order valence-corrected chi connectivity index (χ1v) is 17.7. The molecule has 5 aromatic rings. The molecule has 1 aliphatic heterocycles. The molecule has 43 heavy (non-hydrogen) atoms. The summed E-state index contributed by atoms with van der Waals surface area (Å²) in [7, 11) is -7.85. The molecule has 1 aliphatic rings. The molecule has 0 spiro atoms. The van der Waals surface area contributed by atoms with Crippen LogP contribution in [0.3, 0.4) is 0 Å². The van der Waals surface area contributed by atoms with Crippen LogP contribution >= 0.6 is 14.3 Å². The predicted molar refractivity (Wildman–Crippen MR) is 176 cm³/mol. The summed E-state index contributed by atoms with van der Waals surface area (Å²) in [5.74, 6) is -1.22. The fraction of sp³-hybridized carbons (Fsp3) is 0.111. The van der Waals surface area contributed by atoms with E-state index in [1.807, 2.05) is 44.2 Å². The van der Waals surface area contributed by atoms with Crippen LogP contribution in [0.1, 0.15) is 11.1 Å². The van der Waals surface area contributed by atoms with Gasteiger partial charge in [0, 0.05) is 21.2 Å². The maximum Gasteiger partial charge on any atom is 0.246 e. The van der Waals surface area contributed by atoms with Crippen molar-refractivity contribution >= 4 is 53.0 Å². The highest BCUT2D eigenvalue weighted by atomic mass is 31.2. The standard InChI is InChI=1S/C36H31NO4P2/c1-26-23-27(2)25-28(24-26)37-35(38)33(42(40,29-15-7-3-8-16-29)30-17-9-4-10-18-30)34(36(37)39)43(41,31-19-11-5-12-20-31)32-21-13-6-14-22-32/h3-25,33-34H,1-2H3. The summed E-state index contributed by atoms with van der Waals surface area (Å²) < 4.78 is 31.8. The van der Waals surface area contributed by atoms with E-state index in [9.17, 15) is 9.59 Å². The molecular formula is C36H31NO4P2. The minimum atomic E-state index is -3.92. The van der Waals surface area contributed by atoms with Crippen molar-refractivity contribution < 1.29 is 18.7 Å². The quantitative estimate of drug-likeness (QED) is 0.171. The molecular weight excluding hydrogens is 572 g/mol. The van der Waals surface area contributed by atoms with Gasteiger partial charge in [0.1, 0.15) is 11.3 Å². The topological polar surface area (TPSA) is 71.5 Å². The first kappa shape index (κ1) is 28.8. The van der Waals surface area contributed by atoms with E-state index in [4.69, 9.17) is 0 Å². The minimum Gasteiger partial charge on any atom is -0.313 e. The minimum absolute atomic E-state index is 0.389. The Morgan fingerprint density at radius 1 is 0.465 bits per heavy atom. The van der Waals surface area contributed by atoms with Gasteiger partial charge in [0.15, 0.2) is 14.3 Å². The van der Waals surface area contributed by atoms with E-state index in [2.05, 4.69) is 0 Å². The van der Waals surface area contributed by atoms with Gasteiger partial charge in [0.2, 0.25) is 11.8 Å². The number of carbonyl (C=O) groups is 2. The lowest BCUT2D eigenvalue weighted by molar-refractivity contribution is -0.121. The van der Waals surface area contributed by atoms with E-state index in [1.54, 1.807) is 109 Å². The van der Waals surface area contributed by atoms with Gasteiger partial charge >= 0.3 is 0 Å². The summed E-state index contributed by atoms with van der Waals surface area (Å²) in [5, 5.41) is 1.75. The first-order chi connectivity index (χ1) is 20.8. The van der Waals surface area contributed by atoms with Crippen molar-refractivity contribution in [3.63, 3.8) is 0 Å². The van der Waals surface area contributed by atoms with E-state index in [0.29, 0.717) is 26.9 Å². The smallest absolute Gasteiger partial charge is 0.246 e. The molecule has 0 radical (unpaired) electrons. The molecule has 0 aliphatic carbocycles. The number of amides is 2. The molecule has 2 amide bonds.